The van der Waals surface area contributed by atoms with Crippen LogP contribution in [0.1, 0.15) is 19.8 Å². The SMILES string of the molecule is CC12C=CC(S(=O)CC(=O)NC(CC(N)=O)C(N)=O)=CC1=CC=CC2. The molecule has 134 valence electrons. The number of carbonyl (C=O) groups excluding carboxylic acids is 3. The van der Waals surface area contributed by atoms with Crippen LogP contribution in [0.4, 0.5) is 0 Å². The van der Waals surface area contributed by atoms with Crippen LogP contribution in [-0.4, -0.2) is 33.7 Å². The molecular formula is C17H21N3O4S. The van der Waals surface area contributed by atoms with Gasteiger partial charge in [-0.15, -0.1) is 0 Å². The highest BCUT2D eigenvalue weighted by Gasteiger charge is 2.29. The molecule has 0 radical (unpaired) electrons. The quantitative estimate of drug-likeness (QED) is 0.584. The molecule has 0 aromatic heterocycles. The number of nitrogens with one attached hydrogen (secondary N) is 1. The number of rotatable bonds is 7. The van der Waals surface area contributed by atoms with Gasteiger partial charge in [0.2, 0.25) is 17.7 Å². The summed E-state index contributed by atoms with van der Waals surface area (Å²) in [5.41, 5.74) is 11.0. The van der Waals surface area contributed by atoms with Crippen LogP contribution in [0.3, 0.4) is 0 Å². The van der Waals surface area contributed by atoms with Crippen LogP contribution >= 0.6 is 0 Å². The highest BCUT2D eigenvalue weighted by molar-refractivity contribution is 7.89. The van der Waals surface area contributed by atoms with E-state index in [2.05, 4.69) is 18.3 Å². The van der Waals surface area contributed by atoms with E-state index in [9.17, 15) is 18.6 Å². The van der Waals surface area contributed by atoms with Gasteiger partial charge < -0.3 is 16.8 Å². The summed E-state index contributed by atoms with van der Waals surface area (Å²) in [6.07, 6.45) is 12.0. The number of amides is 3. The lowest BCUT2D eigenvalue weighted by molar-refractivity contribution is -0.128. The van der Waals surface area contributed by atoms with E-state index in [0.717, 1.165) is 12.0 Å². The summed E-state index contributed by atoms with van der Waals surface area (Å²) in [6, 6.07) is -1.20. The first-order valence-electron chi connectivity index (χ1n) is 7.75. The van der Waals surface area contributed by atoms with Crippen LogP contribution in [0.5, 0.6) is 0 Å². The molecule has 0 aromatic carbocycles. The monoisotopic (exact) mass is 363 g/mol. The number of fused-ring (bicyclic) bond motifs is 1. The Morgan fingerprint density at radius 3 is 2.72 bits per heavy atom. The van der Waals surface area contributed by atoms with Crippen LogP contribution in [0.15, 0.2) is 46.9 Å². The third-order valence-electron chi connectivity index (χ3n) is 4.14. The second kappa shape index (κ2) is 7.60. The lowest BCUT2D eigenvalue weighted by Gasteiger charge is -2.31. The van der Waals surface area contributed by atoms with Gasteiger partial charge in [0.1, 0.15) is 11.8 Å². The minimum atomic E-state index is -1.58. The number of carbonyl (C=O) groups is 3. The molecule has 0 saturated heterocycles. The molecule has 0 aromatic rings. The second-order valence-electron chi connectivity index (χ2n) is 6.23. The smallest absolute Gasteiger partial charge is 0.240 e. The molecular weight excluding hydrogens is 342 g/mol. The van der Waals surface area contributed by atoms with Gasteiger partial charge in [-0.2, -0.15) is 0 Å². The van der Waals surface area contributed by atoms with Crippen LogP contribution in [-0.2, 0) is 25.2 Å². The molecule has 2 aliphatic rings. The molecule has 3 atom stereocenters. The Labute approximate surface area is 148 Å². The van der Waals surface area contributed by atoms with Crippen molar-refractivity contribution in [1.82, 2.24) is 5.32 Å². The number of hydrogen-bond donors (Lipinski definition) is 3. The normalized spacial score (nSPS) is 23.7. The number of primary amides is 2. The lowest BCUT2D eigenvalue weighted by Crippen LogP contribution is -2.47. The van der Waals surface area contributed by atoms with Gasteiger partial charge in [-0.05, 0) is 24.1 Å². The van der Waals surface area contributed by atoms with E-state index < -0.39 is 41.0 Å². The minimum Gasteiger partial charge on any atom is -0.370 e. The first-order valence-corrected chi connectivity index (χ1v) is 9.07. The zero-order valence-electron chi connectivity index (χ0n) is 13.9. The van der Waals surface area contributed by atoms with Gasteiger partial charge in [-0.1, -0.05) is 31.2 Å². The van der Waals surface area contributed by atoms with Crippen molar-refractivity contribution in [2.24, 2.45) is 16.9 Å². The van der Waals surface area contributed by atoms with Crippen molar-refractivity contribution in [2.75, 3.05) is 5.75 Å². The van der Waals surface area contributed by atoms with Crippen molar-refractivity contribution in [3.05, 3.63) is 46.9 Å². The van der Waals surface area contributed by atoms with Crippen molar-refractivity contribution in [3.63, 3.8) is 0 Å². The predicted octanol–water partition coefficient (Wildman–Crippen LogP) is -0.0731. The van der Waals surface area contributed by atoms with Crippen molar-refractivity contribution >= 4 is 28.5 Å². The molecule has 25 heavy (non-hydrogen) atoms. The van der Waals surface area contributed by atoms with Crippen molar-refractivity contribution in [2.45, 2.75) is 25.8 Å². The molecule has 7 nitrogen and oxygen atoms in total. The van der Waals surface area contributed by atoms with Gasteiger partial charge in [0.15, 0.2) is 0 Å². The molecule has 8 heteroatoms. The fourth-order valence-corrected chi connectivity index (χ4v) is 3.61. The molecule has 2 aliphatic carbocycles. The van der Waals surface area contributed by atoms with Gasteiger partial charge >= 0.3 is 0 Å². The molecule has 0 bridgehead atoms. The summed E-state index contributed by atoms with van der Waals surface area (Å²) in [5, 5.41) is 2.30. The summed E-state index contributed by atoms with van der Waals surface area (Å²) in [6.45, 7) is 2.09. The standard InChI is InChI=1S/C17H21N3O4S/c1-17-6-3-2-4-11(17)8-12(5-7-17)25(24)10-15(22)20-13(16(19)23)9-14(18)21/h2-5,7-8,13H,6,9-10H2,1H3,(H2,18,21)(H2,19,23)(H,20,22). The average molecular weight is 363 g/mol. The van der Waals surface area contributed by atoms with Gasteiger partial charge in [-0.25, -0.2) is 0 Å². The van der Waals surface area contributed by atoms with Gasteiger partial charge in [0.05, 0.1) is 17.2 Å². The number of nitrogens with two attached hydrogens (primary N) is 2. The molecule has 5 N–H and O–H groups in total. The zero-order chi connectivity index (χ0) is 18.6. The molecule has 3 unspecified atom stereocenters. The van der Waals surface area contributed by atoms with Gasteiger partial charge in [-0.3, -0.25) is 18.6 Å². The van der Waals surface area contributed by atoms with Crippen molar-refractivity contribution in [3.8, 4) is 0 Å². The summed E-state index contributed by atoms with van der Waals surface area (Å²) >= 11 is 0. The topological polar surface area (TPSA) is 132 Å². The Morgan fingerprint density at radius 1 is 1.36 bits per heavy atom. The maximum absolute atomic E-state index is 12.4. The minimum absolute atomic E-state index is 0.122. The van der Waals surface area contributed by atoms with Crippen molar-refractivity contribution < 1.29 is 18.6 Å². The Bertz CT molecular complexity index is 751. The van der Waals surface area contributed by atoms with E-state index in [0.29, 0.717) is 4.91 Å². The van der Waals surface area contributed by atoms with Crippen LogP contribution in [0.25, 0.3) is 0 Å². The summed E-state index contributed by atoms with van der Waals surface area (Å²) in [7, 11) is -1.58. The summed E-state index contributed by atoms with van der Waals surface area (Å²) in [4.78, 5) is 34.7. The Morgan fingerprint density at radius 2 is 2.08 bits per heavy atom. The largest absolute Gasteiger partial charge is 0.370 e. The average Bonchev–Trinajstić information content (AvgIpc) is 2.52. The Hall–Kier alpha value is -2.48. The molecule has 0 fully saturated rings. The van der Waals surface area contributed by atoms with Gasteiger partial charge in [0.25, 0.3) is 0 Å². The summed E-state index contributed by atoms with van der Waals surface area (Å²) in [5.74, 6) is -2.61. The van der Waals surface area contributed by atoms with Crippen LogP contribution in [0.2, 0.25) is 0 Å². The van der Waals surface area contributed by atoms with E-state index in [1.807, 2.05) is 24.3 Å². The number of hydrogen-bond acceptors (Lipinski definition) is 4. The molecule has 3 amide bonds. The lowest BCUT2D eigenvalue weighted by atomic mass is 9.74. The second-order valence-corrected chi connectivity index (χ2v) is 7.69. The molecule has 2 rings (SSSR count). The van der Waals surface area contributed by atoms with E-state index >= 15 is 0 Å². The Kier molecular flexibility index (Phi) is 5.73. The van der Waals surface area contributed by atoms with Crippen LogP contribution in [0, 0.1) is 5.41 Å². The third kappa shape index (κ3) is 4.76. The maximum Gasteiger partial charge on any atom is 0.240 e. The van der Waals surface area contributed by atoms with Crippen molar-refractivity contribution in [1.29, 1.82) is 0 Å². The molecule has 0 saturated carbocycles. The predicted molar refractivity (Wildman–Crippen MR) is 95.1 cm³/mol. The fraction of sp³-hybridized carbons (Fsp3) is 0.353. The van der Waals surface area contributed by atoms with E-state index in [1.165, 1.54) is 0 Å². The van der Waals surface area contributed by atoms with Gasteiger partial charge in [0, 0.05) is 10.3 Å². The molecule has 0 spiro atoms. The fourth-order valence-electron chi connectivity index (χ4n) is 2.64. The first kappa shape index (κ1) is 18.9. The maximum atomic E-state index is 12.4. The number of allylic oxidation sites excluding steroid dienone is 7. The van der Waals surface area contributed by atoms with E-state index in [-0.39, 0.29) is 11.2 Å². The van der Waals surface area contributed by atoms with Crippen LogP contribution < -0.4 is 16.8 Å². The summed E-state index contributed by atoms with van der Waals surface area (Å²) < 4.78 is 12.4. The molecule has 0 aliphatic heterocycles. The van der Waals surface area contributed by atoms with E-state index in [4.69, 9.17) is 11.5 Å². The highest BCUT2D eigenvalue weighted by atomic mass is 32.2. The van der Waals surface area contributed by atoms with E-state index in [1.54, 1.807) is 6.08 Å². The molecule has 0 heterocycles. The first-order chi connectivity index (χ1) is 11.7. The highest BCUT2D eigenvalue weighted by Crippen LogP contribution is 2.40. The zero-order valence-corrected chi connectivity index (χ0v) is 14.7. The third-order valence-corrected chi connectivity index (χ3v) is 5.44. The Balaban J connectivity index is 2.02.